The summed E-state index contributed by atoms with van der Waals surface area (Å²) in [5, 5.41) is 8.25. The van der Waals surface area contributed by atoms with Crippen LogP contribution in [0.25, 0.3) is 0 Å². The first kappa shape index (κ1) is 16.5. The van der Waals surface area contributed by atoms with E-state index < -0.39 is 0 Å². The third kappa shape index (κ3) is 3.52. The Bertz CT molecular complexity index is 869. The second-order valence-electron chi connectivity index (χ2n) is 5.97. The quantitative estimate of drug-likeness (QED) is 0.728. The van der Waals surface area contributed by atoms with Gasteiger partial charge in [-0.2, -0.15) is 4.98 Å². The van der Waals surface area contributed by atoms with E-state index in [9.17, 15) is 4.79 Å². The zero-order chi connectivity index (χ0) is 17.8. The van der Waals surface area contributed by atoms with Crippen molar-refractivity contribution < 1.29 is 4.79 Å². The van der Waals surface area contributed by atoms with Crippen molar-refractivity contribution in [3.63, 3.8) is 0 Å². The van der Waals surface area contributed by atoms with Gasteiger partial charge in [-0.05, 0) is 23.1 Å². The largest absolute Gasteiger partial charge is 0.352 e. The van der Waals surface area contributed by atoms with Crippen molar-refractivity contribution in [2.75, 3.05) is 23.3 Å². The summed E-state index contributed by atoms with van der Waals surface area (Å²) in [4.78, 5) is 24.7. The summed E-state index contributed by atoms with van der Waals surface area (Å²) in [6, 6.07) is 15.4. The van der Waals surface area contributed by atoms with E-state index in [1.807, 2.05) is 52.7 Å². The molecule has 1 atom stereocenters. The Kier molecular flexibility index (Phi) is 4.79. The summed E-state index contributed by atoms with van der Waals surface area (Å²) < 4.78 is 0. The van der Waals surface area contributed by atoms with Crippen LogP contribution >= 0.6 is 11.3 Å². The smallest absolute Gasteiger partial charge is 0.247 e. The standard InChI is InChI=1S/C19H19N5OS/c25-18-17(14-5-2-1-3-6-14)24(11-10-20-18)16-8-9-21-19(23-16)22-13-15-7-4-12-26-15/h1-9,12,17H,10-11,13H2,(H,20,25)(H,21,22,23). The van der Waals surface area contributed by atoms with Crippen LogP contribution < -0.4 is 15.5 Å². The molecule has 7 heteroatoms. The van der Waals surface area contributed by atoms with Gasteiger partial charge in [0.1, 0.15) is 11.9 Å². The number of carbonyl (C=O) groups is 1. The number of nitrogens with one attached hydrogen (secondary N) is 2. The van der Waals surface area contributed by atoms with Gasteiger partial charge >= 0.3 is 0 Å². The summed E-state index contributed by atoms with van der Waals surface area (Å²) in [6.07, 6.45) is 1.73. The third-order valence-electron chi connectivity index (χ3n) is 4.26. The molecule has 0 bridgehead atoms. The van der Waals surface area contributed by atoms with E-state index in [-0.39, 0.29) is 11.9 Å². The molecule has 0 radical (unpaired) electrons. The van der Waals surface area contributed by atoms with Gasteiger partial charge < -0.3 is 15.5 Å². The number of thiophene rings is 1. The summed E-state index contributed by atoms with van der Waals surface area (Å²) >= 11 is 1.69. The molecule has 6 nitrogen and oxygen atoms in total. The van der Waals surface area contributed by atoms with Crippen LogP contribution in [0.1, 0.15) is 16.5 Å². The zero-order valence-electron chi connectivity index (χ0n) is 14.1. The molecule has 0 saturated carbocycles. The Morgan fingerprint density at radius 3 is 2.88 bits per heavy atom. The highest BCUT2D eigenvalue weighted by Crippen LogP contribution is 2.28. The number of benzene rings is 1. The summed E-state index contributed by atoms with van der Waals surface area (Å²) in [5.41, 5.74) is 0.955. The maximum absolute atomic E-state index is 12.5. The number of nitrogens with zero attached hydrogens (tertiary/aromatic N) is 3. The van der Waals surface area contributed by atoms with Crippen molar-refractivity contribution in [2.24, 2.45) is 0 Å². The van der Waals surface area contributed by atoms with E-state index in [0.29, 0.717) is 25.6 Å². The molecule has 1 aliphatic heterocycles. The molecule has 1 aliphatic rings. The zero-order valence-corrected chi connectivity index (χ0v) is 14.9. The van der Waals surface area contributed by atoms with Gasteiger partial charge in [-0.25, -0.2) is 4.98 Å². The molecule has 2 aromatic heterocycles. The molecule has 1 amide bonds. The van der Waals surface area contributed by atoms with Crippen molar-refractivity contribution in [1.82, 2.24) is 15.3 Å². The first-order valence-corrected chi connectivity index (χ1v) is 9.38. The summed E-state index contributed by atoms with van der Waals surface area (Å²) in [6.45, 7) is 1.99. The molecule has 0 spiro atoms. The number of rotatable bonds is 5. The van der Waals surface area contributed by atoms with E-state index in [2.05, 4.69) is 26.7 Å². The van der Waals surface area contributed by atoms with Gasteiger partial charge in [-0.3, -0.25) is 4.79 Å². The van der Waals surface area contributed by atoms with Crippen LogP contribution in [0.2, 0.25) is 0 Å². The van der Waals surface area contributed by atoms with Crippen LogP contribution in [0, 0.1) is 0 Å². The van der Waals surface area contributed by atoms with E-state index in [0.717, 1.165) is 11.4 Å². The Hall–Kier alpha value is -2.93. The van der Waals surface area contributed by atoms with E-state index in [1.165, 1.54) is 4.88 Å². The Morgan fingerprint density at radius 1 is 1.19 bits per heavy atom. The normalized spacial score (nSPS) is 17.0. The SMILES string of the molecule is O=C1NCCN(c2ccnc(NCc3cccs3)n2)C1c1ccccc1. The number of amides is 1. The van der Waals surface area contributed by atoms with Gasteiger partial charge in [0.15, 0.2) is 0 Å². The molecule has 3 heterocycles. The van der Waals surface area contributed by atoms with Crippen molar-refractivity contribution in [3.05, 3.63) is 70.5 Å². The Labute approximate surface area is 155 Å². The fourth-order valence-electron chi connectivity index (χ4n) is 3.05. The van der Waals surface area contributed by atoms with E-state index in [1.54, 1.807) is 17.5 Å². The van der Waals surface area contributed by atoms with Crippen LogP contribution in [0.4, 0.5) is 11.8 Å². The molecule has 132 valence electrons. The minimum Gasteiger partial charge on any atom is -0.352 e. The van der Waals surface area contributed by atoms with Crippen molar-refractivity contribution in [2.45, 2.75) is 12.6 Å². The number of anilines is 2. The van der Waals surface area contributed by atoms with Crippen LogP contribution in [0.3, 0.4) is 0 Å². The number of hydrogen-bond acceptors (Lipinski definition) is 6. The van der Waals surface area contributed by atoms with Crippen molar-refractivity contribution in [3.8, 4) is 0 Å². The molecule has 1 saturated heterocycles. The highest BCUT2D eigenvalue weighted by Gasteiger charge is 2.32. The predicted molar refractivity (Wildman–Crippen MR) is 103 cm³/mol. The second-order valence-corrected chi connectivity index (χ2v) is 7.00. The minimum absolute atomic E-state index is 0.00541. The molecule has 1 unspecified atom stereocenters. The Balaban J connectivity index is 1.58. The lowest BCUT2D eigenvalue weighted by Crippen LogP contribution is -2.50. The molecule has 26 heavy (non-hydrogen) atoms. The number of hydrogen-bond donors (Lipinski definition) is 2. The van der Waals surface area contributed by atoms with Crippen molar-refractivity contribution in [1.29, 1.82) is 0 Å². The van der Waals surface area contributed by atoms with Gasteiger partial charge in [0.25, 0.3) is 0 Å². The third-order valence-corrected chi connectivity index (χ3v) is 5.14. The van der Waals surface area contributed by atoms with Crippen LogP contribution in [0.5, 0.6) is 0 Å². The maximum Gasteiger partial charge on any atom is 0.247 e. The average molecular weight is 365 g/mol. The molecule has 0 aliphatic carbocycles. The number of aromatic nitrogens is 2. The molecule has 4 rings (SSSR count). The molecule has 3 aromatic rings. The number of piperazine rings is 1. The second kappa shape index (κ2) is 7.53. The highest BCUT2D eigenvalue weighted by molar-refractivity contribution is 7.09. The van der Waals surface area contributed by atoms with Crippen molar-refractivity contribution >= 4 is 29.0 Å². The van der Waals surface area contributed by atoms with Crippen LogP contribution in [-0.2, 0) is 11.3 Å². The predicted octanol–water partition coefficient (Wildman–Crippen LogP) is 2.83. The number of carbonyl (C=O) groups excluding carboxylic acids is 1. The first-order valence-electron chi connectivity index (χ1n) is 8.50. The lowest BCUT2D eigenvalue weighted by atomic mass is 10.0. The molecular weight excluding hydrogens is 346 g/mol. The highest BCUT2D eigenvalue weighted by atomic mass is 32.1. The van der Waals surface area contributed by atoms with Crippen LogP contribution in [-0.4, -0.2) is 29.0 Å². The van der Waals surface area contributed by atoms with Gasteiger partial charge in [0.05, 0.1) is 6.54 Å². The van der Waals surface area contributed by atoms with Gasteiger partial charge in [-0.1, -0.05) is 36.4 Å². The van der Waals surface area contributed by atoms with E-state index >= 15 is 0 Å². The summed E-state index contributed by atoms with van der Waals surface area (Å²) in [5.74, 6) is 1.31. The van der Waals surface area contributed by atoms with E-state index in [4.69, 9.17) is 0 Å². The molecule has 1 fully saturated rings. The minimum atomic E-state index is -0.384. The molecule has 2 N–H and O–H groups in total. The maximum atomic E-state index is 12.5. The summed E-state index contributed by atoms with van der Waals surface area (Å²) in [7, 11) is 0. The van der Waals surface area contributed by atoms with Crippen LogP contribution in [0.15, 0.2) is 60.1 Å². The molecular formula is C19H19N5OS. The average Bonchev–Trinajstić information content (AvgIpc) is 3.21. The fraction of sp³-hybridized carbons (Fsp3) is 0.211. The first-order chi connectivity index (χ1) is 12.8. The molecule has 1 aromatic carbocycles. The lowest BCUT2D eigenvalue weighted by molar-refractivity contribution is -0.123. The topological polar surface area (TPSA) is 70.2 Å². The van der Waals surface area contributed by atoms with Gasteiger partial charge in [0, 0.05) is 24.2 Å². The Morgan fingerprint density at radius 2 is 2.08 bits per heavy atom. The fourth-order valence-corrected chi connectivity index (χ4v) is 3.70. The lowest BCUT2D eigenvalue weighted by Gasteiger charge is -2.36. The van der Waals surface area contributed by atoms with Gasteiger partial charge in [0.2, 0.25) is 11.9 Å². The van der Waals surface area contributed by atoms with Gasteiger partial charge in [-0.15, -0.1) is 11.3 Å². The monoisotopic (exact) mass is 365 g/mol.